The topological polar surface area (TPSA) is 34.0 Å². The summed E-state index contributed by atoms with van der Waals surface area (Å²) in [5, 5.41) is 5.68. The molecule has 1 aliphatic heterocycles. The van der Waals surface area contributed by atoms with Crippen molar-refractivity contribution in [2.75, 3.05) is 18.0 Å². The van der Waals surface area contributed by atoms with Crippen molar-refractivity contribution in [3.63, 3.8) is 0 Å². The van der Waals surface area contributed by atoms with E-state index in [1.54, 1.807) is 0 Å². The summed E-state index contributed by atoms with van der Waals surface area (Å²) in [6.07, 6.45) is 8.98. The Morgan fingerprint density at radius 1 is 1.37 bits per heavy atom. The molecule has 0 bridgehead atoms. The summed E-state index contributed by atoms with van der Waals surface area (Å²) in [5.41, 5.74) is 2.60. The summed E-state index contributed by atoms with van der Waals surface area (Å²) < 4.78 is 2.12. The zero-order valence-electron chi connectivity index (χ0n) is 11.2. The van der Waals surface area contributed by atoms with Gasteiger partial charge in [-0.25, -0.2) is 4.98 Å². The van der Waals surface area contributed by atoms with Crippen LogP contribution in [0.4, 0.5) is 5.13 Å². The highest BCUT2D eigenvalue weighted by atomic mass is 32.1. The number of aryl methyl sites for hydroxylation is 3. The first-order valence-electron chi connectivity index (χ1n) is 7.04. The van der Waals surface area contributed by atoms with E-state index in [0.717, 1.165) is 13.1 Å². The predicted octanol–water partition coefficient (Wildman–Crippen LogP) is 2.59. The van der Waals surface area contributed by atoms with Gasteiger partial charge in [0.1, 0.15) is 0 Å². The van der Waals surface area contributed by atoms with Crippen molar-refractivity contribution in [1.82, 2.24) is 14.8 Å². The zero-order chi connectivity index (χ0) is 12.8. The van der Waals surface area contributed by atoms with Gasteiger partial charge in [-0.3, -0.25) is 4.68 Å². The molecule has 0 amide bonds. The van der Waals surface area contributed by atoms with Crippen molar-refractivity contribution in [3.8, 4) is 0 Å². The van der Waals surface area contributed by atoms with Gasteiger partial charge in [-0.2, -0.15) is 5.10 Å². The standard InChI is InChI=1S/C14H18N4S/c1-10-7-15-18(8-10)11-5-6-17(9-11)14-16-12-3-2-4-13(12)19-14/h7-8,11H,2-6,9H2,1H3. The lowest BCUT2D eigenvalue weighted by molar-refractivity contribution is 0.494. The molecule has 0 N–H and O–H groups in total. The SMILES string of the molecule is Cc1cnn(C2CCN(c3nc4c(s3)CCC4)C2)c1. The second-order valence-corrected chi connectivity index (χ2v) is 6.67. The molecule has 3 heterocycles. The molecule has 0 spiro atoms. The summed E-state index contributed by atoms with van der Waals surface area (Å²) in [7, 11) is 0. The lowest BCUT2D eigenvalue weighted by Gasteiger charge is -2.15. The quantitative estimate of drug-likeness (QED) is 0.844. The van der Waals surface area contributed by atoms with E-state index in [4.69, 9.17) is 4.98 Å². The van der Waals surface area contributed by atoms with Gasteiger partial charge in [0.2, 0.25) is 0 Å². The maximum atomic E-state index is 4.82. The van der Waals surface area contributed by atoms with Gasteiger partial charge in [0.15, 0.2) is 5.13 Å². The van der Waals surface area contributed by atoms with Crippen LogP contribution in [0.1, 0.15) is 35.0 Å². The van der Waals surface area contributed by atoms with Gasteiger partial charge < -0.3 is 4.90 Å². The highest BCUT2D eigenvalue weighted by molar-refractivity contribution is 7.15. The summed E-state index contributed by atoms with van der Waals surface area (Å²) in [5.74, 6) is 0. The number of fused-ring (bicyclic) bond motifs is 1. The van der Waals surface area contributed by atoms with Gasteiger partial charge >= 0.3 is 0 Å². The third-order valence-corrected chi connectivity index (χ3v) is 5.34. The largest absolute Gasteiger partial charge is 0.346 e. The highest BCUT2D eigenvalue weighted by Crippen LogP contribution is 2.35. The van der Waals surface area contributed by atoms with E-state index in [1.165, 1.54) is 46.9 Å². The molecular weight excluding hydrogens is 256 g/mol. The van der Waals surface area contributed by atoms with Crippen LogP contribution in [0.15, 0.2) is 12.4 Å². The molecule has 2 aromatic rings. The molecule has 0 saturated carbocycles. The van der Waals surface area contributed by atoms with Gasteiger partial charge in [0, 0.05) is 24.2 Å². The van der Waals surface area contributed by atoms with Gasteiger partial charge in [0.05, 0.1) is 17.9 Å². The molecule has 5 heteroatoms. The number of nitrogens with zero attached hydrogens (tertiary/aromatic N) is 4. The second-order valence-electron chi connectivity index (χ2n) is 5.61. The van der Waals surface area contributed by atoms with E-state index in [-0.39, 0.29) is 0 Å². The van der Waals surface area contributed by atoms with Crippen molar-refractivity contribution in [2.45, 2.75) is 38.6 Å². The van der Waals surface area contributed by atoms with Crippen molar-refractivity contribution in [3.05, 3.63) is 28.5 Å². The fourth-order valence-electron chi connectivity index (χ4n) is 3.08. The Labute approximate surface area is 117 Å². The Bertz CT molecular complexity index is 579. The van der Waals surface area contributed by atoms with Crippen LogP contribution in [0.5, 0.6) is 0 Å². The molecule has 1 unspecified atom stereocenters. The van der Waals surface area contributed by atoms with E-state index >= 15 is 0 Å². The zero-order valence-corrected chi connectivity index (χ0v) is 12.0. The summed E-state index contributed by atoms with van der Waals surface area (Å²) >= 11 is 1.91. The molecule has 1 saturated heterocycles. The minimum absolute atomic E-state index is 0.507. The molecule has 1 aliphatic carbocycles. The van der Waals surface area contributed by atoms with Crippen molar-refractivity contribution >= 4 is 16.5 Å². The smallest absolute Gasteiger partial charge is 0.185 e. The number of thiazole rings is 1. The molecule has 4 rings (SSSR count). The minimum atomic E-state index is 0.507. The van der Waals surface area contributed by atoms with Crippen LogP contribution in [0.3, 0.4) is 0 Å². The lowest BCUT2D eigenvalue weighted by atomic mass is 10.3. The normalized spacial score (nSPS) is 22.2. The van der Waals surface area contributed by atoms with Crippen molar-refractivity contribution in [2.24, 2.45) is 0 Å². The van der Waals surface area contributed by atoms with Crippen molar-refractivity contribution < 1.29 is 0 Å². The summed E-state index contributed by atoms with van der Waals surface area (Å²) in [6.45, 7) is 4.26. The third kappa shape index (κ3) is 1.96. The Morgan fingerprint density at radius 2 is 2.32 bits per heavy atom. The Morgan fingerprint density at radius 3 is 3.11 bits per heavy atom. The van der Waals surface area contributed by atoms with E-state index in [1.807, 2.05) is 17.5 Å². The molecule has 4 nitrogen and oxygen atoms in total. The molecule has 0 aromatic carbocycles. The van der Waals surface area contributed by atoms with E-state index in [9.17, 15) is 0 Å². The van der Waals surface area contributed by atoms with Gasteiger partial charge in [-0.1, -0.05) is 0 Å². The molecule has 1 atom stereocenters. The van der Waals surface area contributed by atoms with Crippen molar-refractivity contribution in [1.29, 1.82) is 0 Å². The van der Waals surface area contributed by atoms with Crippen LogP contribution in [-0.4, -0.2) is 27.9 Å². The van der Waals surface area contributed by atoms with Crippen LogP contribution in [-0.2, 0) is 12.8 Å². The Kier molecular flexibility index (Phi) is 2.62. The van der Waals surface area contributed by atoms with Gasteiger partial charge in [0.25, 0.3) is 0 Å². The van der Waals surface area contributed by atoms with E-state index < -0.39 is 0 Å². The number of anilines is 1. The van der Waals surface area contributed by atoms with Crippen LogP contribution in [0.25, 0.3) is 0 Å². The van der Waals surface area contributed by atoms with Gasteiger partial charge in [-0.15, -0.1) is 11.3 Å². The summed E-state index contributed by atoms with van der Waals surface area (Å²) in [4.78, 5) is 8.78. The molecule has 2 aliphatic rings. The Balaban J connectivity index is 1.52. The fraction of sp³-hybridized carbons (Fsp3) is 0.571. The summed E-state index contributed by atoms with van der Waals surface area (Å²) in [6, 6.07) is 0.507. The third-order valence-electron chi connectivity index (χ3n) is 4.12. The first kappa shape index (κ1) is 11.5. The molecule has 2 aromatic heterocycles. The molecule has 19 heavy (non-hydrogen) atoms. The second kappa shape index (κ2) is 4.34. The number of rotatable bonds is 2. The van der Waals surface area contributed by atoms with Crippen LogP contribution in [0.2, 0.25) is 0 Å². The first-order valence-corrected chi connectivity index (χ1v) is 7.85. The van der Waals surface area contributed by atoms with Crippen LogP contribution >= 0.6 is 11.3 Å². The first-order chi connectivity index (χ1) is 9.29. The maximum Gasteiger partial charge on any atom is 0.185 e. The Hall–Kier alpha value is -1.36. The predicted molar refractivity (Wildman–Crippen MR) is 77.0 cm³/mol. The molecule has 100 valence electrons. The number of hydrogen-bond donors (Lipinski definition) is 0. The highest BCUT2D eigenvalue weighted by Gasteiger charge is 2.28. The molecular formula is C14H18N4S. The van der Waals surface area contributed by atoms with Gasteiger partial charge in [-0.05, 0) is 38.2 Å². The minimum Gasteiger partial charge on any atom is -0.346 e. The molecule has 0 radical (unpaired) electrons. The van der Waals surface area contributed by atoms with Crippen LogP contribution < -0.4 is 4.90 Å². The lowest BCUT2D eigenvalue weighted by Crippen LogP contribution is -2.20. The monoisotopic (exact) mass is 274 g/mol. The number of hydrogen-bond acceptors (Lipinski definition) is 4. The van der Waals surface area contributed by atoms with E-state index in [2.05, 4.69) is 27.8 Å². The number of aromatic nitrogens is 3. The average Bonchev–Trinajstić information content (AvgIpc) is 3.10. The molecule has 1 fully saturated rings. The van der Waals surface area contributed by atoms with E-state index in [0.29, 0.717) is 6.04 Å². The fourth-order valence-corrected chi connectivity index (χ4v) is 4.26. The average molecular weight is 274 g/mol. The maximum absolute atomic E-state index is 4.82. The van der Waals surface area contributed by atoms with Crippen LogP contribution in [0, 0.1) is 6.92 Å².